The number of anilines is 1. The van der Waals surface area contributed by atoms with Crippen LogP contribution in [0.25, 0.3) is 0 Å². The highest BCUT2D eigenvalue weighted by Crippen LogP contribution is 2.30. The van der Waals surface area contributed by atoms with Crippen LogP contribution < -0.4 is 4.90 Å². The maximum absolute atomic E-state index is 13.1. The third-order valence-electron chi connectivity index (χ3n) is 5.32. The number of hydrogen-bond acceptors (Lipinski definition) is 5. The van der Waals surface area contributed by atoms with Crippen molar-refractivity contribution in [2.75, 3.05) is 11.5 Å². The van der Waals surface area contributed by atoms with Gasteiger partial charge >= 0.3 is 5.97 Å². The lowest BCUT2D eigenvalue weighted by Crippen LogP contribution is -2.40. The maximum atomic E-state index is 13.1. The van der Waals surface area contributed by atoms with E-state index in [1.807, 2.05) is 32.0 Å². The van der Waals surface area contributed by atoms with Gasteiger partial charge in [-0.1, -0.05) is 54.6 Å². The lowest BCUT2D eigenvalue weighted by Gasteiger charge is -2.26. The molecule has 0 atom stereocenters. The smallest absolute Gasteiger partial charge is 0.339 e. The molecule has 160 valence electrons. The predicted octanol–water partition coefficient (Wildman–Crippen LogP) is 4.06. The molecule has 0 N–H and O–H groups in total. The molecule has 4 rings (SSSR count). The van der Waals surface area contributed by atoms with Crippen molar-refractivity contribution >= 4 is 29.1 Å². The Balaban J connectivity index is 1.58. The first-order valence-corrected chi connectivity index (χ1v) is 10.3. The van der Waals surface area contributed by atoms with Gasteiger partial charge in [0.15, 0.2) is 18.2 Å². The summed E-state index contributed by atoms with van der Waals surface area (Å²) in [5, 5.41) is 0. The molecule has 0 saturated heterocycles. The zero-order valence-electron chi connectivity index (χ0n) is 17.7. The van der Waals surface area contributed by atoms with E-state index in [4.69, 9.17) is 4.74 Å². The van der Waals surface area contributed by atoms with Crippen LogP contribution in [0.1, 0.15) is 56.0 Å². The first-order valence-electron chi connectivity index (χ1n) is 10.3. The van der Waals surface area contributed by atoms with Crippen molar-refractivity contribution in [1.29, 1.82) is 0 Å². The largest absolute Gasteiger partial charge is 0.452 e. The minimum Gasteiger partial charge on any atom is -0.452 e. The van der Waals surface area contributed by atoms with Crippen LogP contribution >= 0.6 is 0 Å². The van der Waals surface area contributed by atoms with Gasteiger partial charge in [0.05, 0.1) is 5.56 Å². The minimum absolute atomic E-state index is 0.0115. The second-order valence-electron chi connectivity index (χ2n) is 7.70. The highest BCUT2D eigenvalue weighted by molar-refractivity contribution is 6.30. The molecule has 6 nitrogen and oxygen atoms in total. The number of fused-ring (bicyclic) bond motifs is 2. The summed E-state index contributed by atoms with van der Waals surface area (Å²) < 4.78 is 5.29. The predicted molar refractivity (Wildman–Crippen MR) is 119 cm³/mol. The van der Waals surface area contributed by atoms with E-state index in [0.29, 0.717) is 11.3 Å². The zero-order valence-corrected chi connectivity index (χ0v) is 17.7. The highest BCUT2D eigenvalue weighted by atomic mass is 16.5. The Kier molecular flexibility index (Phi) is 5.69. The number of esters is 1. The summed E-state index contributed by atoms with van der Waals surface area (Å²) in [6.07, 6.45) is 0. The molecule has 0 bridgehead atoms. The van der Waals surface area contributed by atoms with Crippen molar-refractivity contribution in [3.05, 3.63) is 101 Å². The number of para-hydroxylation sites is 1. The van der Waals surface area contributed by atoms with Gasteiger partial charge in [-0.25, -0.2) is 4.79 Å². The molecular weight excluding hydrogens is 406 g/mol. The molecule has 0 fully saturated rings. The van der Waals surface area contributed by atoms with Gasteiger partial charge in [-0.05, 0) is 32.0 Å². The Bertz CT molecular complexity index is 1230. The Labute approximate surface area is 185 Å². The average Bonchev–Trinajstić information content (AvgIpc) is 2.81. The molecule has 32 heavy (non-hydrogen) atoms. The van der Waals surface area contributed by atoms with E-state index >= 15 is 0 Å². The number of rotatable bonds is 5. The summed E-state index contributed by atoms with van der Waals surface area (Å²) in [5.74, 6) is -1.96. The van der Waals surface area contributed by atoms with Crippen LogP contribution in [0.2, 0.25) is 0 Å². The SMILES string of the molecule is CC(C)N(C(=O)COC(=O)c1cccc2c1C(=O)c1ccccc1C2=O)c1ccccc1. The molecule has 1 aliphatic rings. The molecule has 3 aromatic carbocycles. The molecule has 3 aromatic rings. The van der Waals surface area contributed by atoms with Crippen LogP contribution in [-0.2, 0) is 9.53 Å². The summed E-state index contributed by atoms with van der Waals surface area (Å²) in [4.78, 5) is 53.1. The minimum atomic E-state index is -0.826. The third kappa shape index (κ3) is 3.71. The summed E-state index contributed by atoms with van der Waals surface area (Å²) >= 11 is 0. The van der Waals surface area contributed by atoms with Crippen molar-refractivity contribution < 1.29 is 23.9 Å². The molecule has 1 aliphatic carbocycles. The number of amides is 1. The highest BCUT2D eigenvalue weighted by Gasteiger charge is 2.33. The molecule has 0 heterocycles. The maximum Gasteiger partial charge on any atom is 0.339 e. The lowest BCUT2D eigenvalue weighted by atomic mass is 9.82. The Morgan fingerprint density at radius 2 is 1.38 bits per heavy atom. The van der Waals surface area contributed by atoms with Crippen LogP contribution in [0.4, 0.5) is 5.69 Å². The molecular formula is C26H21NO5. The summed E-state index contributed by atoms with van der Waals surface area (Å²) in [6.45, 7) is 3.23. The van der Waals surface area contributed by atoms with Crippen LogP contribution in [0.5, 0.6) is 0 Å². The number of carbonyl (C=O) groups is 4. The van der Waals surface area contributed by atoms with Crippen molar-refractivity contribution in [2.45, 2.75) is 19.9 Å². The van der Waals surface area contributed by atoms with Crippen molar-refractivity contribution in [3.8, 4) is 0 Å². The zero-order chi connectivity index (χ0) is 22.8. The Hall–Kier alpha value is -4.06. The lowest BCUT2D eigenvalue weighted by molar-refractivity contribution is -0.122. The standard InChI is InChI=1S/C26H21NO5/c1-16(2)27(17-9-4-3-5-10-17)22(28)15-32-26(31)21-14-8-13-20-23(21)25(30)19-12-7-6-11-18(19)24(20)29/h3-14,16H,15H2,1-2H3. The number of ether oxygens (including phenoxy) is 1. The van der Waals surface area contributed by atoms with Gasteiger partial charge < -0.3 is 9.64 Å². The molecule has 0 unspecified atom stereocenters. The summed E-state index contributed by atoms with van der Waals surface area (Å²) in [7, 11) is 0. The number of hydrogen-bond donors (Lipinski definition) is 0. The Morgan fingerprint density at radius 3 is 2.03 bits per heavy atom. The molecule has 0 spiro atoms. The fourth-order valence-corrected chi connectivity index (χ4v) is 3.91. The topological polar surface area (TPSA) is 80.8 Å². The van der Waals surface area contributed by atoms with Crippen LogP contribution in [0, 0.1) is 0 Å². The van der Waals surface area contributed by atoms with Gasteiger partial charge in [0, 0.05) is 34.0 Å². The number of nitrogens with zero attached hydrogens (tertiary/aromatic N) is 1. The van der Waals surface area contributed by atoms with E-state index in [1.54, 1.807) is 41.3 Å². The summed E-state index contributed by atoms with van der Waals surface area (Å²) in [5.41, 5.74) is 1.38. The second-order valence-corrected chi connectivity index (χ2v) is 7.70. The molecule has 0 saturated carbocycles. The molecule has 6 heteroatoms. The fraction of sp³-hybridized carbons (Fsp3) is 0.154. The first kappa shape index (κ1) is 21.2. The van der Waals surface area contributed by atoms with E-state index < -0.39 is 24.3 Å². The van der Waals surface area contributed by atoms with E-state index in [-0.39, 0.29) is 34.1 Å². The van der Waals surface area contributed by atoms with Gasteiger partial charge in [0.25, 0.3) is 5.91 Å². The van der Waals surface area contributed by atoms with Crippen molar-refractivity contribution in [1.82, 2.24) is 0 Å². The van der Waals surface area contributed by atoms with Crippen LogP contribution in [-0.4, -0.2) is 36.1 Å². The van der Waals surface area contributed by atoms with Crippen molar-refractivity contribution in [3.63, 3.8) is 0 Å². The quantitative estimate of drug-likeness (QED) is 0.449. The number of benzene rings is 3. The number of ketones is 2. The van der Waals surface area contributed by atoms with E-state index in [9.17, 15) is 19.2 Å². The fourth-order valence-electron chi connectivity index (χ4n) is 3.91. The third-order valence-corrected chi connectivity index (χ3v) is 5.32. The molecule has 0 aliphatic heterocycles. The van der Waals surface area contributed by atoms with E-state index in [0.717, 1.165) is 0 Å². The first-order chi connectivity index (χ1) is 15.4. The van der Waals surface area contributed by atoms with Gasteiger partial charge in [-0.3, -0.25) is 14.4 Å². The Morgan fingerprint density at radius 1 is 0.781 bits per heavy atom. The molecule has 1 amide bonds. The summed E-state index contributed by atoms with van der Waals surface area (Å²) in [6, 6.07) is 19.9. The van der Waals surface area contributed by atoms with E-state index in [2.05, 4.69) is 0 Å². The normalized spacial score (nSPS) is 12.2. The van der Waals surface area contributed by atoms with Gasteiger partial charge in [0.1, 0.15) is 0 Å². The van der Waals surface area contributed by atoms with E-state index in [1.165, 1.54) is 18.2 Å². The van der Waals surface area contributed by atoms with Gasteiger partial charge in [0.2, 0.25) is 0 Å². The number of carbonyl (C=O) groups excluding carboxylic acids is 4. The van der Waals surface area contributed by atoms with Gasteiger partial charge in [-0.15, -0.1) is 0 Å². The van der Waals surface area contributed by atoms with Crippen LogP contribution in [0.15, 0.2) is 72.8 Å². The molecule has 0 radical (unpaired) electrons. The van der Waals surface area contributed by atoms with Crippen molar-refractivity contribution in [2.24, 2.45) is 0 Å². The molecule has 0 aromatic heterocycles. The van der Waals surface area contributed by atoms with Gasteiger partial charge in [-0.2, -0.15) is 0 Å². The second kappa shape index (κ2) is 8.59. The average molecular weight is 427 g/mol. The monoisotopic (exact) mass is 427 g/mol. The van der Waals surface area contributed by atoms with Crippen LogP contribution in [0.3, 0.4) is 0 Å².